The van der Waals surface area contributed by atoms with Gasteiger partial charge in [0.15, 0.2) is 0 Å². The molecule has 3 aliphatic rings. The number of carbonyl (C=O) groups excluding carboxylic acids is 3. The van der Waals surface area contributed by atoms with Crippen molar-refractivity contribution in [2.45, 2.75) is 44.8 Å². The maximum Gasteiger partial charge on any atom is 0.302 e. The molecule has 20 heavy (non-hydrogen) atoms. The minimum Gasteiger partial charge on any atom is -0.463 e. The predicted molar refractivity (Wildman–Crippen MR) is 70.3 cm³/mol. The molecule has 5 atom stereocenters. The second-order valence-electron chi connectivity index (χ2n) is 6.12. The van der Waals surface area contributed by atoms with Crippen molar-refractivity contribution in [3.05, 3.63) is 12.7 Å². The number of carbonyl (C=O) groups is 3. The van der Waals surface area contributed by atoms with Crippen LogP contribution in [0.1, 0.15) is 32.6 Å². The molecule has 0 radical (unpaired) electrons. The Labute approximate surface area is 117 Å². The van der Waals surface area contributed by atoms with Crippen LogP contribution in [-0.2, 0) is 19.1 Å². The molecular weight excluding hydrogens is 258 g/mol. The molecule has 1 aliphatic heterocycles. The number of amides is 2. The van der Waals surface area contributed by atoms with Crippen LogP contribution in [0.15, 0.2) is 12.7 Å². The van der Waals surface area contributed by atoms with E-state index in [2.05, 4.69) is 6.58 Å². The molecule has 2 amide bonds. The van der Waals surface area contributed by atoms with Gasteiger partial charge in [-0.15, -0.1) is 0 Å². The summed E-state index contributed by atoms with van der Waals surface area (Å²) in [6, 6.07) is 0.0327. The predicted octanol–water partition coefficient (Wildman–Crippen LogP) is 1.28. The molecule has 108 valence electrons. The lowest BCUT2D eigenvalue weighted by Gasteiger charge is -2.51. The fourth-order valence-electron chi connectivity index (χ4n) is 4.20. The van der Waals surface area contributed by atoms with E-state index in [9.17, 15) is 14.4 Å². The third-order valence-electron chi connectivity index (χ3n) is 4.99. The van der Waals surface area contributed by atoms with Gasteiger partial charge < -0.3 is 4.74 Å². The summed E-state index contributed by atoms with van der Waals surface area (Å²) >= 11 is 0. The molecule has 5 unspecified atom stereocenters. The van der Waals surface area contributed by atoms with E-state index in [1.165, 1.54) is 17.9 Å². The molecule has 2 aliphatic carbocycles. The highest BCUT2D eigenvalue weighted by Crippen LogP contribution is 2.50. The highest BCUT2D eigenvalue weighted by molar-refractivity contribution is 6.06. The molecule has 2 saturated carbocycles. The van der Waals surface area contributed by atoms with Gasteiger partial charge in [0.25, 0.3) is 5.91 Å². The average molecular weight is 277 g/mol. The van der Waals surface area contributed by atoms with Gasteiger partial charge in [0, 0.05) is 6.92 Å². The monoisotopic (exact) mass is 277 g/mol. The van der Waals surface area contributed by atoms with Crippen LogP contribution in [-0.4, -0.2) is 34.8 Å². The highest BCUT2D eigenvalue weighted by atomic mass is 16.5. The first-order valence-electron chi connectivity index (χ1n) is 7.18. The summed E-state index contributed by atoms with van der Waals surface area (Å²) in [7, 11) is 0. The Bertz CT molecular complexity index is 486. The first-order valence-corrected chi connectivity index (χ1v) is 7.18. The Hall–Kier alpha value is -1.65. The molecule has 0 aromatic heterocycles. The first-order chi connectivity index (χ1) is 9.51. The first kappa shape index (κ1) is 13.3. The summed E-state index contributed by atoms with van der Waals surface area (Å²) < 4.78 is 5.30. The van der Waals surface area contributed by atoms with Gasteiger partial charge in [0.2, 0.25) is 5.91 Å². The van der Waals surface area contributed by atoms with E-state index < -0.39 is 0 Å². The molecule has 3 fully saturated rings. The largest absolute Gasteiger partial charge is 0.463 e. The number of hydrogen-bond donors (Lipinski definition) is 0. The fourth-order valence-corrected chi connectivity index (χ4v) is 4.20. The molecule has 1 heterocycles. The molecule has 5 nitrogen and oxygen atoms in total. The van der Waals surface area contributed by atoms with E-state index in [1.54, 1.807) is 0 Å². The Kier molecular flexibility index (Phi) is 3.15. The third-order valence-corrected chi connectivity index (χ3v) is 4.99. The quantitative estimate of drug-likeness (QED) is 0.433. The summed E-state index contributed by atoms with van der Waals surface area (Å²) in [6.07, 6.45) is 4.58. The number of likely N-dealkylation sites (tertiary alicyclic amines) is 1. The van der Waals surface area contributed by atoms with E-state index in [4.69, 9.17) is 4.74 Å². The molecular formula is C15H19NO4. The van der Waals surface area contributed by atoms with Gasteiger partial charge in [-0.2, -0.15) is 0 Å². The number of hydrogen-bond acceptors (Lipinski definition) is 4. The number of nitrogens with zero attached hydrogens (tertiary/aromatic N) is 1. The lowest BCUT2D eigenvalue weighted by Crippen LogP contribution is -2.65. The number of β-lactam (4-membered cyclic amide) rings is 1. The number of rotatable bonds is 2. The normalized spacial score (nSPS) is 38.5. The Morgan fingerprint density at radius 2 is 1.90 bits per heavy atom. The van der Waals surface area contributed by atoms with Crippen LogP contribution in [0.2, 0.25) is 0 Å². The topological polar surface area (TPSA) is 63.7 Å². The summed E-state index contributed by atoms with van der Waals surface area (Å²) in [5.41, 5.74) is 0. The van der Waals surface area contributed by atoms with Crippen molar-refractivity contribution in [3.63, 3.8) is 0 Å². The Morgan fingerprint density at radius 1 is 1.25 bits per heavy atom. The van der Waals surface area contributed by atoms with E-state index in [0.29, 0.717) is 11.8 Å². The van der Waals surface area contributed by atoms with Gasteiger partial charge in [0.05, 0.1) is 12.0 Å². The zero-order valence-electron chi connectivity index (χ0n) is 11.6. The van der Waals surface area contributed by atoms with E-state index in [-0.39, 0.29) is 35.8 Å². The number of ether oxygens (including phenoxy) is 1. The summed E-state index contributed by atoms with van der Waals surface area (Å²) in [6.45, 7) is 4.88. The van der Waals surface area contributed by atoms with E-state index in [0.717, 1.165) is 25.7 Å². The molecule has 0 aromatic rings. The molecule has 0 spiro atoms. The van der Waals surface area contributed by atoms with Gasteiger partial charge in [-0.25, -0.2) is 0 Å². The van der Waals surface area contributed by atoms with E-state index >= 15 is 0 Å². The van der Waals surface area contributed by atoms with Crippen LogP contribution in [0.25, 0.3) is 0 Å². The van der Waals surface area contributed by atoms with Crippen LogP contribution in [0.4, 0.5) is 0 Å². The zero-order chi connectivity index (χ0) is 14.4. The lowest BCUT2D eigenvalue weighted by molar-refractivity contribution is -0.169. The molecule has 1 saturated heterocycles. The summed E-state index contributed by atoms with van der Waals surface area (Å²) in [5, 5.41) is 0. The van der Waals surface area contributed by atoms with Crippen LogP contribution < -0.4 is 0 Å². The van der Waals surface area contributed by atoms with E-state index in [1.807, 2.05) is 0 Å². The number of fused-ring (bicyclic) bond motifs is 2. The van der Waals surface area contributed by atoms with Crippen molar-refractivity contribution in [1.82, 2.24) is 4.90 Å². The molecule has 0 bridgehead atoms. The van der Waals surface area contributed by atoms with Crippen LogP contribution in [0, 0.1) is 17.8 Å². The number of esters is 1. The van der Waals surface area contributed by atoms with Crippen LogP contribution >= 0.6 is 0 Å². The minimum absolute atomic E-state index is 0.0151. The third kappa shape index (κ3) is 1.96. The highest BCUT2D eigenvalue weighted by Gasteiger charge is 2.56. The SMILES string of the molecule is C=CC(=O)N1C(=O)C2CC3CC(OC(C)=O)CC3CC21. The Morgan fingerprint density at radius 3 is 2.50 bits per heavy atom. The average Bonchev–Trinajstić information content (AvgIpc) is 2.77. The maximum atomic E-state index is 12.0. The lowest BCUT2D eigenvalue weighted by atomic mass is 9.67. The van der Waals surface area contributed by atoms with Crippen molar-refractivity contribution in [2.75, 3.05) is 0 Å². The van der Waals surface area contributed by atoms with Crippen molar-refractivity contribution in [3.8, 4) is 0 Å². The van der Waals surface area contributed by atoms with Crippen molar-refractivity contribution >= 4 is 17.8 Å². The summed E-state index contributed by atoms with van der Waals surface area (Å²) in [4.78, 5) is 36.1. The second-order valence-corrected chi connectivity index (χ2v) is 6.12. The molecule has 3 rings (SSSR count). The van der Waals surface area contributed by atoms with Crippen LogP contribution in [0.3, 0.4) is 0 Å². The van der Waals surface area contributed by atoms with Crippen molar-refractivity contribution in [2.24, 2.45) is 17.8 Å². The smallest absolute Gasteiger partial charge is 0.302 e. The second kappa shape index (κ2) is 4.72. The summed E-state index contributed by atoms with van der Waals surface area (Å²) in [5.74, 6) is 0.297. The maximum absolute atomic E-state index is 12.0. The van der Waals surface area contributed by atoms with Gasteiger partial charge in [-0.1, -0.05) is 6.58 Å². The molecule has 5 heteroatoms. The Balaban J connectivity index is 1.67. The van der Waals surface area contributed by atoms with Gasteiger partial charge in [-0.3, -0.25) is 19.3 Å². The number of imide groups is 1. The van der Waals surface area contributed by atoms with Gasteiger partial charge in [0.1, 0.15) is 6.10 Å². The zero-order valence-corrected chi connectivity index (χ0v) is 11.6. The fraction of sp³-hybridized carbons (Fsp3) is 0.667. The molecule has 0 aromatic carbocycles. The van der Waals surface area contributed by atoms with Gasteiger partial charge in [-0.05, 0) is 43.6 Å². The standard InChI is InChI=1S/C15H19NO4/c1-3-14(18)16-13-7-10-5-11(20-8(2)17)4-9(10)6-12(13)15(16)19/h3,9-13H,1,4-7H2,2H3. The molecule has 0 N–H and O–H groups in total. The van der Waals surface area contributed by atoms with Crippen molar-refractivity contribution in [1.29, 1.82) is 0 Å². The van der Waals surface area contributed by atoms with Gasteiger partial charge >= 0.3 is 5.97 Å². The minimum atomic E-state index is -0.288. The van der Waals surface area contributed by atoms with Crippen molar-refractivity contribution < 1.29 is 19.1 Å². The van der Waals surface area contributed by atoms with Crippen LogP contribution in [0.5, 0.6) is 0 Å².